The van der Waals surface area contributed by atoms with Crippen molar-refractivity contribution in [2.75, 3.05) is 6.26 Å². The number of carbonyl (C=O) groups is 1. The second-order valence-corrected chi connectivity index (χ2v) is 10.2. The summed E-state index contributed by atoms with van der Waals surface area (Å²) in [6, 6.07) is 19.5. The fourth-order valence-electron chi connectivity index (χ4n) is 3.21. The Bertz CT molecular complexity index is 1370. The highest BCUT2D eigenvalue weighted by Gasteiger charge is 2.24. The van der Waals surface area contributed by atoms with Gasteiger partial charge in [0.05, 0.1) is 15.5 Å². The first-order chi connectivity index (χ1) is 14.7. The Morgan fingerprint density at radius 3 is 2.23 bits per heavy atom. The predicted molar refractivity (Wildman–Crippen MR) is 121 cm³/mol. The monoisotopic (exact) mass is 451 g/mol. The summed E-state index contributed by atoms with van der Waals surface area (Å²) in [6.07, 6.45) is 1.13. The minimum absolute atomic E-state index is 0.123. The number of hydrogen-bond donors (Lipinski definition) is 0. The zero-order chi connectivity index (χ0) is 22.2. The Kier molecular flexibility index (Phi) is 5.56. The van der Waals surface area contributed by atoms with Gasteiger partial charge in [-0.3, -0.25) is 4.79 Å². The molecule has 4 nitrogen and oxygen atoms in total. The normalized spacial score (nSPS) is 11.5. The smallest absolute Gasteiger partial charge is 0.221 e. The second-order valence-electron chi connectivity index (χ2n) is 7.17. The van der Waals surface area contributed by atoms with Gasteiger partial charge in [-0.15, -0.1) is 11.3 Å². The van der Waals surface area contributed by atoms with Gasteiger partial charge in [0.15, 0.2) is 14.8 Å². The number of aromatic nitrogens is 1. The van der Waals surface area contributed by atoms with Crippen LogP contribution in [0.4, 0.5) is 4.39 Å². The Hall–Kier alpha value is -3.16. The highest BCUT2D eigenvalue weighted by molar-refractivity contribution is 7.90. The van der Waals surface area contributed by atoms with Crippen LogP contribution in [-0.4, -0.2) is 25.4 Å². The number of halogens is 1. The summed E-state index contributed by atoms with van der Waals surface area (Å²) >= 11 is 1.16. The van der Waals surface area contributed by atoms with Gasteiger partial charge in [-0.1, -0.05) is 60.2 Å². The molecule has 0 amide bonds. The number of sulfone groups is 1. The van der Waals surface area contributed by atoms with E-state index in [4.69, 9.17) is 0 Å². The van der Waals surface area contributed by atoms with Crippen molar-refractivity contribution in [3.63, 3.8) is 0 Å². The molecule has 31 heavy (non-hydrogen) atoms. The van der Waals surface area contributed by atoms with Crippen molar-refractivity contribution in [1.29, 1.82) is 0 Å². The van der Waals surface area contributed by atoms with E-state index in [1.807, 2.05) is 19.1 Å². The molecule has 1 aromatic heterocycles. The molecule has 4 aromatic rings. The summed E-state index contributed by atoms with van der Waals surface area (Å²) < 4.78 is 38.2. The molecule has 1 heterocycles. The molecular formula is C24H18FNO3S2. The molecular weight excluding hydrogens is 433 g/mol. The van der Waals surface area contributed by atoms with E-state index in [-0.39, 0.29) is 21.5 Å². The third kappa shape index (κ3) is 4.33. The molecule has 0 atom stereocenters. The van der Waals surface area contributed by atoms with Crippen LogP contribution in [0.25, 0.3) is 21.7 Å². The van der Waals surface area contributed by atoms with Crippen LogP contribution in [0, 0.1) is 12.7 Å². The SMILES string of the molecule is Cc1ccc(C(=O)c2nc(-c3ccccc3S(C)(=O)=O)c(-c3ccc(F)cc3)s2)cc1. The lowest BCUT2D eigenvalue weighted by molar-refractivity contribution is 0.103. The molecule has 3 aromatic carbocycles. The molecule has 156 valence electrons. The molecule has 0 saturated heterocycles. The van der Waals surface area contributed by atoms with Crippen LogP contribution in [0.15, 0.2) is 77.7 Å². The van der Waals surface area contributed by atoms with Crippen LogP contribution < -0.4 is 0 Å². The van der Waals surface area contributed by atoms with Gasteiger partial charge in [-0.05, 0) is 30.7 Å². The Morgan fingerprint density at radius 2 is 1.58 bits per heavy atom. The summed E-state index contributed by atoms with van der Waals surface area (Å²) in [5.41, 5.74) is 2.97. The van der Waals surface area contributed by atoms with Gasteiger partial charge in [-0.25, -0.2) is 17.8 Å². The number of aryl methyl sites for hydroxylation is 1. The molecule has 0 bridgehead atoms. The fraction of sp³-hybridized carbons (Fsp3) is 0.0833. The van der Waals surface area contributed by atoms with E-state index in [2.05, 4.69) is 4.98 Å². The molecule has 0 fully saturated rings. The van der Waals surface area contributed by atoms with Gasteiger partial charge in [0.25, 0.3) is 0 Å². The highest BCUT2D eigenvalue weighted by Crippen LogP contribution is 2.40. The number of benzene rings is 3. The largest absolute Gasteiger partial charge is 0.286 e. The molecule has 0 N–H and O–H groups in total. The van der Waals surface area contributed by atoms with Crippen molar-refractivity contribution in [2.24, 2.45) is 0 Å². The summed E-state index contributed by atoms with van der Waals surface area (Å²) in [6.45, 7) is 1.94. The van der Waals surface area contributed by atoms with E-state index in [9.17, 15) is 17.6 Å². The van der Waals surface area contributed by atoms with E-state index in [0.717, 1.165) is 23.2 Å². The Balaban J connectivity index is 1.93. The van der Waals surface area contributed by atoms with E-state index >= 15 is 0 Å². The Labute approximate surface area is 184 Å². The average molecular weight is 452 g/mol. The van der Waals surface area contributed by atoms with E-state index in [1.54, 1.807) is 42.5 Å². The van der Waals surface area contributed by atoms with E-state index in [1.165, 1.54) is 18.2 Å². The van der Waals surface area contributed by atoms with Gasteiger partial charge in [0.2, 0.25) is 5.78 Å². The highest BCUT2D eigenvalue weighted by atomic mass is 32.2. The van der Waals surface area contributed by atoms with Crippen molar-refractivity contribution in [3.8, 4) is 21.7 Å². The maximum absolute atomic E-state index is 13.5. The number of carbonyl (C=O) groups excluding carboxylic acids is 1. The third-order valence-electron chi connectivity index (χ3n) is 4.78. The van der Waals surface area contributed by atoms with Crippen molar-refractivity contribution in [3.05, 3.63) is 94.7 Å². The summed E-state index contributed by atoms with van der Waals surface area (Å²) in [5.74, 6) is -0.640. The summed E-state index contributed by atoms with van der Waals surface area (Å²) in [4.78, 5) is 18.4. The van der Waals surface area contributed by atoms with Crippen LogP contribution >= 0.6 is 11.3 Å². The quantitative estimate of drug-likeness (QED) is 0.373. The van der Waals surface area contributed by atoms with E-state index in [0.29, 0.717) is 27.3 Å². The van der Waals surface area contributed by atoms with Crippen molar-refractivity contribution in [2.45, 2.75) is 11.8 Å². The van der Waals surface area contributed by atoms with E-state index < -0.39 is 9.84 Å². The molecule has 0 saturated carbocycles. The maximum Gasteiger partial charge on any atom is 0.221 e. The first-order valence-electron chi connectivity index (χ1n) is 9.41. The maximum atomic E-state index is 13.5. The number of thiazole rings is 1. The zero-order valence-corrected chi connectivity index (χ0v) is 18.4. The van der Waals surface area contributed by atoms with Crippen molar-refractivity contribution < 1.29 is 17.6 Å². The molecule has 0 radical (unpaired) electrons. The summed E-state index contributed by atoms with van der Waals surface area (Å²) in [5, 5.41) is 0.237. The fourth-order valence-corrected chi connectivity index (χ4v) is 5.15. The lowest BCUT2D eigenvalue weighted by Gasteiger charge is -2.08. The van der Waals surface area contributed by atoms with Crippen molar-refractivity contribution in [1.82, 2.24) is 4.98 Å². The van der Waals surface area contributed by atoms with Gasteiger partial charge in [0, 0.05) is 17.4 Å². The van der Waals surface area contributed by atoms with Crippen LogP contribution in [-0.2, 0) is 9.84 Å². The van der Waals surface area contributed by atoms with Crippen molar-refractivity contribution >= 4 is 27.0 Å². The Morgan fingerprint density at radius 1 is 0.935 bits per heavy atom. The molecule has 7 heteroatoms. The molecule has 0 aliphatic heterocycles. The standard InChI is InChI=1S/C24H18FNO3S2/c1-15-7-9-16(10-8-15)22(27)24-26-21(19-5-3-4-6-20(19)31(2,28)29)23(30-24)17-11-13-18(25)14-12-17/h3-14H,1-2H3. The van der Waals surface area contributed by atoms with Gasteiger partial charge >= 0.3 is 0 Å². The van der Waals surface area contributed by atoms with Gasteiger partial charge in [0.1, 0.15) is 5.82 Å². The first kappa shape index (κ1) is 21.1. The number of ketones is 1. The van der Waals surface area contributed by atoms with Gasteiger partial charge in [-0.2, -0.15) is 0 Å². The lowest BCUT2D eigenvalue weighted by Crippen LogP contribution is -2.02. The van der Waals surface area contributed by atoms with Crippen LogP contribution in [0.2, 0.25) is 0 Å². The molecule has 0 unspecified atom stereocenters. The number of nitrogens with zero attached hydrogens (tertiary/aromatic N) is 1. The minimum atomic E-state index is -3.54. The minimum Gasteiger partial charge on any atom is -0.286 e. The second kappa shape index (κ2) is 8.17. The summed E-state index contributed by atoms with van der Waals surface area (Å²) in [7, 11) is -3.54. The molecule has 4 rings (SSSR count). The molecule has 0 aliphatic carbocycles. The van der Waals surface area contributed by atoms with Crippen LogP contribution in [0.3, 0.4) is 0 Å². The third-order valence-corrected chi connectivity index (χ3v) is 7.04. The molecule has 0 spiro atoms. The molecule has 0 aliphatic rings. The van der Waals surface area contributed by atoms with Gasteiger partial charge < -0.3 is 0 Å². The average Bonchev–Trinajstić information content (AvgIpc) is 3.19. The first-order valence-corrected chi connectivity index (χ1v) is 12.1. The van der Waals surface area contributed by atoms with Crippen LogP contribution in [0.5, 0.6) is 0 Å². The number of hydrogen-bond acceptors (Lipinski definition) is 5. The predicted octanol–water partition coefficient (Wildman–Crippen LogP) is 5.56. The lowest BCUT2D eigenvalue weighted by atomic mass is 10.1. The number of rotatable bonds is 5. The zero-order valence-electron chi connectivity index (χ0n) is 16.8. The topological polar surface area (TPSA) is 64.1 Å². The van der Waals surface area contributed by atoms with Crippen LogP contribution in [0.1, 0.15) is 20.9 Å².